The summed E-state index contributed by atoms with van der Waals surface area (Å²) in [6.45, 7) is 1.39. The summed E-state index contributed by atoms with van der Waals surface area (Å²) in [6, 6.07) is 4.07. The van der Waals surface area contributed by atoms with Crippen LogP contribution in [0, 0.1) is 5.82 Å². The Morgan fingerprint density at radius 3 is 2.53 bits per heavy atom. The summed E-state index contributed by atoms with van der Waals surface area (Å²) in [5.74, 6) is -0.617. The second-order valence-electron chi connectivity index (χ2n) is 3.03. The topological polar surface area (TPSA) is 46.2 Å². The highest BCUT2D eigenvalue weighted by atomic mass is 35.5. The largest absolute Gasteiger partial charge is 0.218 e. The third-order valence-electron chi connectivity index (χ3n) is 2.16. The van der Waals surface area contributed by atoms with E-state index in [1.165, 1.54) is 32.2 Å². The zero-order chi connectivity index (χ0) is 11.6. The van der Waals surface area contributed by atoms with Crippen LogP contribution in [0.15, 0.2) is 18.2 Å². The maximum Gasteiger partial charge on any atom is 0.218 e. The second-order valence-corrected chi connectivity index (χ2v) is 5.64. The quantitative estimate of drug-likeness (QED) is 0.894. The van der Waals surface area contributed by atoms with Crippen LogP contribution in [-0.2, 0) is 10.0 Å². The van der Waals surface area contributed by atoms with Crippen molar-refractivity contribution in [3.63, 3.8) is 0 Å². The van der Waals surface area contributed by atoms with Crippen LogP contribution in [-0.4, -0.2) is 15.5 Å². The molecule has 1 rings (SSSR count). The van der Waals surface area contributed by atoms with Crippen LogP contribution in [0.4, 0.5) is 4.39 Å². The molecule has 0 aliphatic heterocycles. The van der Waals surface area contributed by atoms with Gasteiger partial charge in [-0.1, -0.05) is 17.7 Å². The highest BCUT2D eigenvalue weighted by molar-refractivity contribution is 7.89. The first-order valence-electron chi connectivity index (χ1n) is 4.26. The van der Waals surface area contributed by atoms with Crippen molar-refractivity contribution in [2.24, 2.45) is 0 Å². The van der Waals surface area contributed by atoms with Crippen molar-refractivity contribution in [1.82, 2.24) is 4.72 Å². The van der Waals surface area contributed by atoms with Gasteiger partial charge in [-0.2, -0.15) is 0 Å². The normalized spacial score (nSPS) is 13.9. The number of nitrogens with one attached hydrogen (secondary N) is 1. The van der Waals surface area contributed by atoms with Gasteiger partial charge >= 0.3 is 0 Å². The van der Waals surface area contributed by atoms with E-state index in [2.05, 4.69) is 4.72 Å². The standard InChI is InChI=1S/C9H11ClFNO2S/c1-6(15(13,14)12-2)9-7(10)4-3-5-8(9)11/h3-6,12H,1-2H3. The van der Waals surface area contributed by atoms with Crippen LogP contribution in [0.25, 0.3) is 0 Å². The van der Waals surface area contributed by atoms with Gasteiger partial charge in [0.2, 0.25) is 10.0 Å². The molecule has 84 valence electrons. The van der Waals surface area contributed by atoms with Crippen LogP contribution >= 0.6 is 11.6 Å². The van der Waals surface area contributed by atoms with E-state index in [1.54, 1.807) is 0 Å². The van der Waals surface area contributed by atoms with Crippen molar-refractivity contribution < 1.29 is 12.8 Å². The smallest absolute Gasteiger partial charge is 0.218 e. The molecule has 0 aromatic heterocycles. The Bertz CT molecular complexity index is 441. The second kappa shape index (κ2) is 4.47. The predicted octanol–water partition coefficient (Wildman–Crippen LogP) is 2.09. The van der Waals surface area contributed by atoms with Gasteiger partial charge in [0, 0.05) is 10.6 Å². The third kappa shape index (κ3) is 2.48. The molecule has 0 aliphatic carbocycles. The Kier molecular flexibility index (Phi) is 3.70. The molecule has 0 bridgehead atoms. The van der Waals surface area contributed by atoms with E-state index in [0.29, 0.717) is 0 Å². The number of benzene rings is 1. The van der Waals surface area contributed by atoms with Gasteiger partial charge in [0.1, 0.15) is 11.1 Å². The van der Waals surface area contributed by atoms with Crippen LogP contribution in [0.5, 0.6) is 0 Å². The summed E-state index contributed by atoms with van der Waals surface area (Å²) in [4.78, 5) is 0. The summed E-state index contributed by atoms with van der Waals surface area (Å²) in [7, 11) is -2.29. The van der Waals surface area contributed by atoms with Crippen molar-refractivity contribution in [3.05, 3.63) is 34.6 Å². The van der Waals surface area contributed by atoms with E-state index in [9.17, 15) is 12.8 Å². The minimum Gasteiger partial charge on any atom is -0.218 e. The van der Waals surface area contributed by atoms with Gasteiger partial charge in [-0.3, -0.25) is 0 Å². The van der Waals surface area contributed by atoms with E-state index < -0.39 is 21.1 Å². The molecule has 0 saturated carbocycles. The number of sulfonamides is 1. The fourth-order valence-corrected chi connectivity index (χ4v) is 2.53. The van der Waals surface area contributed by atoms with Crippen molar-refractivity contribution in [3.8, 4) is 0 Å². The molecule has 0 fully saturated rings. The number of halogens is 2. The van der Waals surface area contributed by atoms with Crippen molar-refractivity contribution in [2.75, 3.05) is 7.05 Å². The molecular formula is C9H11ClFNO2S. The molecule has 3 nitrogen and oxygen atoms in total. The summed E-state index contributed by atoms with van der Waals surface area (Å²) >= 11 is 5.76. The minimum atomic E-state index is -3.57. The molecule has 1 aromatic carbocycles. The van der Waals surface area contributed by atoms with Gasteiger partial charge in [0.25, 0.3) is 0 Å². The van der Waals surface area contributed by atoms with Crippen LogP contribution in [0.3, 0.4) is 0 Å². The van der Waals surface area contributed by atoms with Crippen LogP contribution < -0.4 is 4.72 Å². The van der Waals surface area contributed by atoms with Gasteiger partial charge in [-0.05, 0) is 26.1 Å². The van der Waals surface area contributed by atoms with Crippen molar-refractivity contribution >= 4 is 21.6 Å². The first-order chi connectivity index (χ1) is 6.90. The lowest BCUT2D eigenvalue weighted by Crippen LogP contribution is -2.24. The van der Waals surface area contributed by atoms with Gasteiger partial charge in [-0.15, -0.1) is 0 Å². The molecule has 1 aromatic rings. The maximum absolute atomic E-state index is 13.4. The molecule has 1 unspecified atom stereocenters. The molecule has 0 saturated heterocycles. The van der Waals surface area contributed by atoms with E-state index in [0.717, 1.165) is 0 Å². The van der Waals surface area contributed by atoms with Gasteiger partial charge < -0.3 is 0 Å². The summed E-state index contributed by atoms with van der Waals surface area (Å²) in [6.07, 6.45) is 0. The lowest BCUT2D eigenvalue weighted by atomic mass is 10.1. The highest BCUT2D eigenvalue weighted by Gasteiger charge is 2.25. The first kappa shape index (κ1) is 12.4. The van der Waals surface area contributed by atoms with E-state index >= 15 is 0 Å². The van der Waals surface area contributed by atoms with Gasteiger partial charge in [0.15, 0.2) is 0 Å². The Hall–Kier alpha value is -0.650. The molecule has 0 amide bonds. The molecule has 0 aliphatic rings. The number of hydrogen-bond acceptors (Lipinski definition) is 2. The predicted molar refractivity (Wildman–Crippen MR) is 57.8 cm³/mol. The fourth-order valence-electron chi connectivity index (χ4n) is 1.23. The highest BCUT2D eigenvalue weighted by Crippen LogP contribution is 2.29. The zero-order valence-corrected chi connectivity index (χ0v) is 9.86. The maximum atomic E-state index is 13.4. The Morgan fingerprint density at radius 2 is 2.07 bits per heavy atom. The Balaban J connectivity index is 3.29. The Morgan fingerprint density at radius 1 is 1.47 bits per heavy atom. The third-order valence-corrected chi connectivity index (χ3v) is 4.22. The first-order valence-corrected chi connectivity index (χ1v) is 6.19. The zero-order valence-electron chi connectivity index (χ0n) is 8.29. The fraction of sp³-hybridized carbons (Fsp3) is 0.333. The molecule has 1 atom stereocenters. The lowest BCUT2D eigenvalue weighted by Gasteiger charge is -2.14. The minimum absolute atomic E-state index is 0.00600. The molecule has 1 N–H and O–H groups in total. The molecule has 15 heavy (non-hydrogen) atoms. The van der Waals surface area contributed by atoms with Crippen molar-refractivity contribution in [2.45, 2.75) is 12.2 Å². The monoisotopic (exact) mass is 251 g/mol. The number of hydrogen-bond donors (Lipinski definition) is 1. The van der Waals surface area contributed by atoms with Crippen LogP contribution in [0.1, 0.15) is 17.7 Å². The number of rotatable bonds is 3. The summed E-state index contributed by atoms with van der Waals surface area (Å²) < 4.78 is 38.5. The van der Waals surface area contributed by atoms with E-state index in [4.69, 9.17) is 11.6 Å². The molecule has 0 heterocycles. The summed E-state index contributed by atoms with van der Waals surface area (Å²) in [5.41, 5.74) is -0.00600. The SMILES string of the molecule is CNS(=O)(=O)C(C)c1c(F)cccc1Cl. The molecule has 6 heteroatoms. The van der Waals surface area contributed by atoms with Crippen molar-refractivity contribution in [1.29, 1.82) is 0 Å². The van der Waals surface area contributed by atoms with Gasteiger partial charge in [0.05, 0.1) is 0 Å². The molecular weight excluding hydrogens is 241 g/mol. The average molecular weight is 252 g/mol. The summed E-state index contributed by atoms with van der Waals surface area (Å²) in [5, 5.41) is -0.905. The van der Waals surface area contributed by atoms with Crippen LogP contribution in [0.2, 0.25) is 5.02 Å². The molecule has 0 spiro atoms. The Labute approximate surface area is 93.3 Å². The average Bonchev–Trinajstić information content (AvgIpc) is 2.17. The van der Waals surface area contributed by atoms with Gasteiger partial charge in [-0.25, -0.2) is 17.5 Å². The lowest BCUT2D eigenvalue weighted by molar-refractivity contribution is 0.567. The van der Waals surface area contributed by atoms with E-state index in [-0.39, 0.29) is 10.6 Å². The van der Waals surface area contributed by atoms with E-state index in [1.807, 2.05) is 0 Å². The molecule has 0 radical (unpaired) electrons.